The van der Waals surface area contributed by atoms with Gasteiger partial charge in [0, 0.05) is 19.1 Å². The monoisotopic (exact) mass is 248 g/mol. The minimum Gasteiger partial charge on any atom is -0.352 e. The fraction of sp³-hybridized carbons (Fsp3) is 0.714. The van der Waals surface area contributed by atoms with Crippen LogP contribution in [0.15, 0.2) is 12.1 Å². The Hall–Kier alpha value is -1.16. The van der Waals surface area contributed by atoms with Crippen molar-refractivity contribution >= 4 is 5.82 Å². The van der Waals surface area contributed by atoms with Gasteiger partial charge in [-0.3, -0.25) is 0 Å². The van der Waals surface area contributed by atoms with Gasteiger partial charge in [0.1, 0.15) is 0 Å². The lowest BCUT2D eigenvalue weighted by atomic mass is 10.1. The highest BCUT2D eigenvalue weighted by molar-refractivity contribution is 5.39. The lowest BCUT2D eigenvalue weighted by Crippen LogP contribution is -2.37. The molecule has 1 aliphatic rings. The van der Waals surface area contributed by atoms with Crippen LogP contribution in [0.3, 0.4) is 0 Å². The van der Waals surface area contributed by atoms with Gasteiger partial charge >= 0.3 is 0 Å². The molecule has 18 heavy (non-hydrogen) atoms. The van der Waals surface area contributed by atoms with Crippen molar-refractivity contribution in [1.82, 2.24) is 10.2 Å². The molecular formula is C14H24N4. The van der Waals surface area contributed by atoms with Crippen LogP contribution in [0.25, 0.3) is 0 Å². The third-order valence-electron chi connectivity index (χ3n) is 3.54. The second-order valence-electron chi connectivity index (χ2n) is 5.57. The van der Waals surface area contributed by atoms with Crippen molar-refractivity contribution in [3.8, 4) is 0 Å². The van der Waals surface area contributed by atoms with Crippen LogP contribution < -0.4 is 10.6 Å². The summed E-state index contributed by atoms with van der Waals surface area (Å²) in [5, 5.41) is 8.52. The Morgan fingerprint density at radius 3 is 2.50 bits per heavy atom. The van der Waals surface area contributed by atoms with Crippen LogP contribution >= 0.6 is 0 Å². The third-order valence-corrected chi connectivity index (χ3v) is 3.54. The molecule has 0 saturated heterocycles. The van der Waals surface area contributed by atoms with Gasteiger partial charge in [0.05, 0.1) is 5.69 Å². The number of nitrogens with two attached hydrogens (primary N) is 1. The molecule has 2 N–H and O–H groups in total. The molecule has 0 spiro atoms. The topological polar surface area (TPSA) is 55.0 Å². The van der Waals surface area contributed by atoms with Gasteiger partial charge < -0.3 is 10.6 Å². The van der Waals surface area contributed by atoms with Crippen LogP contribution in [0.1, 0.15) is 45.2 Å². The molecule has 4 heteroatoms. The first kappa shape index (κ1) is 13.3. The zero-order valence-electron chi connectivity index (χ0n) is 11.5. The van der Waals surface area contributed by atoms with Crippen LogP contribution in [0.5, 0.6) is 0 Å². The highest BCUT2D eigenvalue weighted by Gasteiger charge is 2.24. The lowest BCUT2D eigenvalue weighted by Gasteiger charge is -2.31. The molecule has 0 bridgehead atoms. The molecule has 0 atom stereocenters. The van der Waals surface area contributed by atoms with Gasteiger partial charge in [-0.2, -0.15) is 5.10 Å². The van der Waals surface area contributed by atoms with E-state index in [1.54, 1.807) is 0 Å². The van der Waals surface area contributed by atoms with Gasteiger partial charge in [0.15, 0.2) is 5.82 Å². The van der Waals surface area contributed by atoms with E-state index < -0.39 is 0 Å². The predicted octanol–water partition coefficient (Wildman–Crippen LogP) is 2.34. The molecule has 1 aromatic heterocycles. The lowest BCUT2D eigenvalue weighted by molar-refractivity contribution is 0.528. The molecule has 1 aliphatic carbocycles. The Morgan fingerprint density at radius 1 is 1.28 bits per heavy atom. The van der Waals surface area contributed by atoms with Crippen molar-refractivity contribution in [3.05, 3.63) is 17.8 Å². The number of aromatic nitrogens is 2. The fourth-order valence-electron chi connectivity index (χ4n) is 2.65. The van der Waals surface area contributed by atoms with Crippen LogP contribution in [0, 0.1) is 5.92 Å². The molecule has 4 nitrogen and oxygen atoms in total. The van der Waals surface area contributed by atoms with Gasteiger partial charge in [-0.15, -0.1) is 5.10 Å². The molecule has 0 aliphatic heterocycles. The normalized spacial score (nSPS) is 16.4. The zero-order valence-corrected chi connectivity index (χ0v) is 11.5. The predicted molar refractivity (Wildman–Crippen MR) is 74.4 cm³/mol. The number of hydrogen-bond acceptors (Lipinski definition) is 4. The van der Waals surface area contributed by atoms with E-state index in [9.17, 15) is 0 Å². The van der Waals surface area contributed by atoms with Crippen molar-refractivity contribution in [1.29, 1.82) is 0 Å². The smallest absolute Gasteiger partial charge is 0.151 e. The standard InChI is InChI=1S/C14H24N4/c1-11(2)10-18(13-5-3-4-6-13)14-8-7-12(9-15)16-17-14/h7-8,11,13H,3-6,9-10,15H2,1-2H3. The number of anilines is 1. The first-order valence-corrected chi connectivity index (χ1v) is 7.00. The Morgan fingerprint density at radius 2 is 2.00 bits per heavy atom. The summed E-state index contributed by atoms with van der Waals surface area (Å²) in [6, 6.07) is 4.70. The summed E-state index contributed by atoms with van der Waals surface area (Å²) < 4.78 is 0. The maximum absolute atomic E-state index is 5.56. The summed E-state index contributed by atoms with van der Waals surface area (Å²) in [4.78, 5) is 2.44. The Kier molecular flexibility index (Phi) is 4.53. The third kappa shape index (κ3) is 3.19. The summed E-state index contributed by atoms with van der Waals surface area (Å²) >= 11 is 0. The van der Waals surface area contributed by atoms with E-state index >= 15 is 0 Å². The average molecular weight is 248 g/mol. The van der Waals surface area contributed by atoms with Crippen LogP contribution in [0.4, 0.5) is 5.82 Å². The Bertz CT molecular complexity index is 355. The van der Waals surface area contributed by atoms with E-state index in [0.29, 0.717) is 18.5 Å². The zero-order chi connectivity index (χ0) is 13.0. The van der Waals surface area contributed by atoms with Crippen LogP contribution in [-0.2, 0) is 6.54 Å². The summed E-state index contributed by atoms with van der Waals surface area (Å²) in [6.07, 6.45) is 5.25. The molecule has 0 unspecified atom stereocenters. The van der Waals surface area contributed by atoms with E-state index in [2.05, 4.69) is 35.0 Å². The first-order valence-electron chi connectivity index (χ1n) is 7.00. The van der Waals surface area contributed by atoms with Gasteiger partial charge in [0.25, 0.3) is 0 Å². The first-order chi connectivity index (χ1) is 8.70. The molecule has 1 fully saturated rings. The minimum atomic E-state index is 0.459. The van der Waals surface area contributed by atoms with E-state index in [1.165, 1.54) is 25.7 Å². The average Bonchev–Trinajstić information content (AvgIpc) is 2.89. The summed E-state index contributed by atoms with van der Waals surface area (Å²) in [7, 11) is 0. The fourth-order valence-corrected chi connectivity index (χ4v) is 2.65. The van der Waals surface area contributed by atoms with Crippen LogP contribution in [0.2, 0.25) is 0 Å². The van der Waals surface area contributed by atoms with Crippen LogP contribution in [-0.4, -0.2) is 22.8 Å². The highest BCUT2D eigenvalue weighted by Crippen LogP contribution is 2.27. The maximum Gasteiger partial charge on any atom is 0.151 e. The van der Waals surface area contributed by atoms with Crippen molar-refractivity contribution in [2.75, 3.05) is 11.4 Å². The molecule has 2 rings (SSSR count). The van der Waals surface area contributed by atoms with Gasteiger partial charge in [-0.05, 0) is 30.9 Å². The largest absolute Gasteiger partial charge is 0.352 e. The van der Waals surface area contributed by atoms with E-state index in [0.717, 1.165) is 18.1 Å². The second kappa shape index (κ2) is 6.14. The molecule has 0 aromatic carbocycles. The van der Waals surface area contributed by atoms with Crippen molar-refractivity contribution in [2.45, 2.75) is 52.1 Å². The number of rotatable bonds is 5. The minimum absolute atomic E-state index is 0.459. The molecular weight excluding hydrogens is 224 g/mol. The van der Waals surface area contributed by atoms with E-state index in [1.807, 2.05) is 6.07 Å². The molecule has 100 valence electrons. The molecule has 1 aromatic rings. The Labute approximate surface area is 110 Å². The SMILES string of the molecule is CC(C)CN(c1ccc(CN)nn1)C1CCCC1. The maximum atomic E-state index is 5.56. The summed E-state index contributed by atoms with van der Waals surface area (Å²) in [5.74, 6) is 1.65. The van der Waals surface area contributed by atoms with Crippen molar-refractivity contribution in [3.63, 3.8) is 0 Å². The van der Waals surface area contributed by atoms with E-state index in [4.69, 9.17) is 5.73 Å². The van der Waals surface area contributed by atoms with Crippen molar-refractivity contribution in [2.24, 2.45) is 11.7 Å². The van der Waals surface area contributed by atoms with Gasteiger partial charge in [0.2, 0.25) is 0 Å². The van der Waals surface area contributed by atoms with Crippen molar-refractivity contribution < 1.29 is 0 Å². The Balaban J connectivity index is 2.15. The second-order valence-corrected chi connectivity index (χ2v) is 5.57. The molecule has 0 radical (unpaired) electrons. The van der Waals surface area contributed by atoms with Gasteiger partial charge in [-0.1, -0.05) is 26.7 Å². The number of nitrogens with zero attached hydrogens (tertiary/aromatic N) is 3. The number of hydrogen-bond donors (Lipinski definition) is 1. The van der Waals surface area contributed by atoms with E-state index in [-0.39, 0.29) is 0 Å². The molecule has 0 amide bonds. The molecule has 1 saturated carbocycles. The van der Waals surface area contributed by atoms with Gasteiger partial charge in [-0.25, -0.2) is 0 Å². The quantitative estimate of drug-likeness (QED) is 0.869. The highest BCUT2D eigenvalue weighted by atomic mass is 15.3. The molecule has 1 heterocycles. The summed E-state index contributed by atoms with van der Waals surface area (Å²) in [5.41, 5.74) is 6.42. The summed E-state index contributed by atoms with van der Waals surface area (Å²) in [6.45, 7) is 6.02.